The summed E-state index contributed by atoms with van der Waals surface area (Å²) in [6, 6.07) is 8.52. The van der Waals surface area contributed by atoms with Crippen LogP contribution in [0.2, 0.25) is 0 Å². The molecular weight excluding hydrogens is 202 g/mol. The SMILES string of the molecule is COC(=O)C(F)(F)/C=C/c1ccccc1. The average molecular weight is 212 g/mol. The number of hydrogen-bond acceptors (Lipinski definition) is 2. The molecule has 0 heterocycles. The monoisotopic (exact) mass is 212 g/mol. The van der Waals surface area contributed by atoms with E-state index < -0.39 is 11.9 Å². The Hall–Kier alpha value is -1.71. The van der Waals surface area contributed by atoms with Crippen LogP contribution in [0.4, 0.5) is 8.78 Å². The van der Waals surface area contributed by atoms with Crippen LogP contribution in [-0.2, 0) is 9.53 Å². The second-order valence-electron chi connectivity index (χ2n) is 2.86. The molecule has 2 nitrogen and oxygen atoms in total. The number of methoxy groups -OCH3 is 1. The molecule has 0 radical (unpaired) electrons. The van der Waals surface area contributed by atoms with Gasteiger partial charge in [-0.1, -0.05) is 36.4 Å². The van der Waals surface area contributed by atoms with E-state index in [9.17, 15) is 13.6 Å². The van der Waals surface area contributed by atoms with Crippen molar-refractivity contribution in [1.82, 2.24) is 0 Å². The lowest BCUT2D eigenvalue weighted by molar-refractivity contribution is -0.161. The number of rotatable bonds is 3. The molecule has 0 spiro atoms. The Labute approximate surface area is 86.2 Å². The predicted octanol–water partition coefficient (Wildman–Crippen LogP) is 2.51. The topological polar surface area (TPSA) is 26.3 Å². The first-order valence-corrected chi connectivity index (χ1v) is 4.27. The highest BCUT2D eigenvalue weighted by atomic mass is 19.3. The smallest absolute Gasteiger partial charge is 0.381 e. The standard InChI is InChI=1S/C11H10F2O2/c1-15-10(14)11(12,13)8-7-9-5-3-2-4-6-9/h2-8H,1H3/b8-7+. The fraction of sp³-hybridized carbons (Fsp3) is 0.182. The van der Waals surface area contributed by atoms with Crippen molar-refractivity contribution in [2.75, 3.05) is 7.11 Å². The largest absolute Gasteiger partial charge is 0.464 e. The molecule has 0 unspecified atom stereocenters. The Morgan fingerprint density at radius 1 is 1.33 bits per heavy atom. The third-order valence-electron chi connectivity index (χ3n) is 1.74. The number of alkyl halides is 2. The zero-order valence-electron chi connectivity index (χ0n) is 8.11. The van der Waals surface area contributed by atoms with Crippen LogP contribution in [0.15, 0.2) is 36.4 Å². The second-order valence-corrected chi connectivity index (χ2v) is 2.86. The molecule has 0 saturated carbocycles. The van der Waals surface area contributed by atoms with Gasteiger partial charge < -0.3 is 4.74 Å². The van der Waals surface area contributed by atoms with E-state index in [1.807, 2.05) is 0 Å². The molecule has 0 atom stereocenters. The van der Waals surface area contributed by atoms with Gasteiger partial charge >= 0.3 is 11.9 Å². The van der Waals surface area contributed by atoms with Crippen molar-refractivity contribution in [3.63, 3.8) is 0 Å². The lowest BCUT2D eigenvalue weighted by Crippen LogP contribution is -2.27. The highest BCUT2D eigenvalue weighted by molar-refractivity contribution is 5.81. The first-order chi connectivity index (χ1) is 7.06. The minimum absolute atomic E-state index is 0.522. The molecule has 1 aromatic rings. The minimum atomic E-state index is -3.58. The van der Waals surface area contributed by atoms with Crippen molar-refractivity contribution >= 4 is 12.0 Å². The lowest BCUT2D eigenvalue weighted by Gasteiger charge is -2.07. The number of halogens is 2. The molecule has 4 heteroatoms. The van der Waals surface area contributed by atoms with Crippen molar-refractivity contribution in [2.45, 2.75) is 5.92 Å². The van der Waals surface area contributed by atoms with E-state index in [2.05, 4.69) is 4.74 Å². The summed E-state index contributed by atoms with van der Waals surface area (Å²) >= 11 is 0. The molecule has 0 amide bonds. The van der Waals surface area contributed by atoms with E-state index in [-0.39, 0.29) is 0 Å². The maximum atomic E-state index is 12.9. The molecule has 0 aliphatic carbocycles. The van der Waals surface area contributed by atoms with E-state index in [0.29, 0.717) is 11.6 Å². The highest BCUT2D eigenvalue weighted by Gasteiger charge is 2.36. The summed E-state index contributed by atoms with van der Waals surface area (Å²) in [4.78, 5) is 10.6. The Kier molecular flexibility index (Phi) is 3.55. The first-order valence-electron chi connectivity index (χ1n) is 4.27. The fourth-order valence-corrected chi connectivity index (χ4v) is 0.969. The summed E-state index contributed by atoms with van der Waals surface area (Å²) in [6.45, 7) is 0. The Morgan fingerprint density at radius 3 is 2.47 bits per heavy atom. The number of hydrogen-bond donors (Lipinski definition) is 0. The third-order valence-corrected chi connectivity index (χ3v) is 1.74. The van der Waals surface area contributed by atoms with Crippen LogP contribution in [0.5, 0.6) is 0 Å². The zero-order chi connectivity index (χ0) is 11.3. The van der Waals surface area contributed by atoms with Crippen LogP contribution in [0.3, 0.4) is 0 Å². The van der Waals surface area contributed by atoms with Crippen LogP contribution in [0.25, 0.3) is 6.08 Å². The van der Waals surface area contributed by atoms with Gasteiger partial charge in [-0.05, 0) is 11.6 Å². The van der Waals surface area contributed by atoms with Crippen LogP contribution in [-0.4, -0.2) is 19.0 Å². The molecule has 0 aliphatic rings. The van der Waals surface area contributed by atoms with Gasteiger partial charge in [-0.25, -0.2) is 4.79 Å². The summed E-state index contributed by atoms with van der Waals surface area (Å²) in [5, 5.41) is 0. The summed E-state index contributed by atoms with van der Waals surface area (Å²) in [5.74, 6) is -5.14. The molecule has 1 rings (SSSR count). The fourth-order valence-electron chi connectivity index (χ4n) is 0.969. The highest BCUT2D eigenvalue weighted by Crippen LogP contribution is 2.18. The maximum absolute atomic E-state index is 12.9. The number of ether oxygens (including phenoxy) is 1. The zero-order valence-corrected chi connectivity index (χ0v) is 8.11. The Balaban J connectivity index is 2.77. The number of carbonyl (C=O) groups excluding carboxylic acids is 1. The van der Waals surface area contributed by atoms with Gasteiger partial charge in [0.1, 0.15) is 0 Å². The molecule has 0 fully saturated rings. The van der Waals surface area contributed by atoms with Gasteiger partial charge in [0, 0.05) is 0 Å². The van der Waals surface area contributed by atoms with E-state index in [1.165, 1.54) is 6.08 Å². The molecule has 0 bridgehead atoms. The van der Waals surface area contributed by atoms with Gasteiger partial charge in [0.15, 0.2) is 0 Å². The van der Waals surface area contributed by atoms with Crippen molar-refractivity contribution in [3.8, 4) is 0 Å². The Morgan fingerprint density at radius 2 is 1.93 bits per heavy atom. The Bertz CT molecular complexity index is 358. The molecule has 15 heavy (non-hydrogen) atoms. The number of benzene rings is 1. The number of esters is 1. The molecular formula is C11H10F2O2. The summed E-state index contributed by atoms with van der Waals surface area (Å²) in [6.07, 6.45) is 1.70. The summed E-state index contributed by atoms with van der Waals surface area (Å²) < 4.78 is 29.8. The molecule has 0 saturated heterocycles. The van der Waals surface area contributed by atoms with Gasteiger partial charge in [-0.2, -0.15) is 8.78 Å². The van der Waals surface area contributed by atoms with Crippen LogP contribution in [0, 0.1) is 0 Å². The quantitative estimate of drug-likeness (QED) is 0.719. The van der Waals surface area contributed by atoms with E-state index in [1.54, 1.807) is 30.3 Å². The first kappa shape index (κ1) is 11.4. The van der Waals surface area contributed by atoms with Crippen LogP contribution in [0.1, 0.15) is 5.56 Å². The summed E-state index contributed by atoms with van der Waals surface area (Å²) in [5.41, 5.74) is 0.598. The van der Waals surface area contributed by atoms with Gasteiger partial charge in [0.25, 0.3) is 0 Å². The van der Waals surface area contributed by atoms with Crippen LogP contribution >= 0.6 is 0 Å². The van der Waals surface area contributed by atoms with Gasteiger partial charge in [-0.15, -0.1) is 0 Å². The van der Waals surface area contributed by atoms with E-state index in [4.69, 9.17) is 0 Å². The third kappa shape index (κ3) is 3.16. The average Bonchev–Trinajstić information content (AvgIpc) is 2.27. The number of carbonyl (C=O) groups is 1. The van der Waals surface area contributed by atoms with E-state index in [0.717, 1.165) is 7.11 Å². The van der Waals surface area contributed by atoms with Gasteiger partial charge in [0.05, 0.1) is 7.11 Å². The minimum Gasteiger partial charge on any atom is -0.464 e. The second kappa shape index (κ2) is 4.68. The van der Waals surface area contributed by atoms with Crippen molar-refractivity contribution in [2.24, 2.45) is 0 Å². The van der Waals surface area contributed by atoms with Crippen molar-refractivity contribution in [1.29, 1.82) is 0 Å². The predicted molar refractivity (Wildman–Crippen MR) is 52.4 cm³/mol. The van der Waals surface area contributed by atoms with Crippen molar-refractivity contribution < 1.29 is 18.3 Å². The normalized spacial score (nSPS) is 11.7. The van der Waals surface area contributed by atoms with Crippen molar-refractivity contribution in [3.05, 3.63) is 42.0 Å². The molecule has 1 aromatic carbocycles. The molecule has 0 aromatic heterocycles. The summed E-state index contributed by atoms with van der Waals surface area (Å²) in [7, 11) is 0.923. The lowest BCUT2D eigenvalue weighted by atomic mass is 10.2. The molecule has 0 N–H and O–H groups in total. The molecule has 0 aliphatic heterocycles. The van der Waals surface area contributed by atoms with E-state index >= 15 is 0 Å². The van der Waals surface area contributed by atoms with Gasteiger partial charge in [-0.3, -0.25) is 0 Å². The molecule has 80 valence electrons. The van der Waals surface area contributed by atoms with Crippen LogP contribution < -0.4 is 0 Å². The maximum Gasteiger partial charge on any atom is 0.381 e. The van der Waals surface area contributed by atoms with Gasteiger partial charge in [0.2, 0.25) is 0 Å².